The van der Waals surface area contributed by atoms with Gasteiger partial charge in [0.1, 0.15) is 5.56 Å². The van der Waals surface area contributed by atoms with Crippen LogP contribution in [0.15, 0.2) is 18.2 Å². The maximum Gasteiger partial charge on any atom is 0.283 e. The van der Waals surface area contributed by atoms with Gasteiger partial charge in [-0.15, -0.1) is 0 Å². The number of nitro groups is 1. The smallest absolute Gasteiger partial charge is 0.283 e. The van der Waals surface area contributed by atoms with Gasteiger partial charge >= 0.3 is 0 Å². The molecule has 0 unspecified atom stereocenters. The van der Waals surface area contributed by atoms with Gasteiger partial charge in [0.05, 0.1) is 4.92 Å². The SMILES string of the molecule is CN(C)CCN(CC1CCCCC1)C(=O)c1ccc(Cl)cc1[N+](=O)[O-]. The van der Waals surface area contributed by atoms with E-state index in [-0.39, 0.29) is 22.2 Å². The van der Waals surface area contributed by atoms with E-state index >= 15 is 0 Å². The molecule has 0 spiro atoms. The lowest BCUT2D eigenvalue weighted by Gasteiger charge is -2.30. The van der Waals surface area contributed by atoms with Crippen LogP contribution in [0.4, 0.5) is 5.69 Å². The summed E-state index contributed by atoms with van der Waals surface area (Å²) in [5, 5.41) is 11.6. The Kier molecular flexibility index (Phi) is 7.20. The zero-order valence-corrected chi connectivity index (χ0v) is 15.7. The van der Waals surface area contributed by atoms with Crippen molar-refractivity contribution in [1.29, 1.82) is 0 Å². The quantitative estimate of drug-likeness (QED) is 0.542. The standard InChI is InChI=1S/C18H26ClN3O3/c1-20(2)10-11-21(13-14-6-4-3-5-7-14)18(23)16-9-8-15(19)12-17(16)22(24)25/h8-9,12,14H,3-7,10-11,13H2,1-2H3. The van der Waals surface area contributed by atoms with Crippen LogP contribution in [0.3, 0.4) is 0 Å². The van der Waals surface area contributed by atoms with E-state index < -0.39 is 4.92 Å². The predicted octanol–water partition coefficient (Wildman–Crippen LogP) is 3.83. The number of rotatable bonds is 7. The van der Waals surface area contributed by atoms with Crippen molar-refractivity contribution in [3.8, 4) is 0 Å². The molecule has 2 rings (SSSR count). The minimum Gasteiger partial charge on any atom is -0.337 e. The van der Waals surface area contributed by atoms with Crippen LogP contribution >= 0.6 is 11.6 Å². The molecule has 6 nitrogen and oxygen atoms in total. The summed E-state index contributed by atoms with van der Waals surface area (Å²) in [5.74, 6) is 0.196. The molecule has 7 heteroatoms. The molecule has 0 saturated heterocycles. The average Bonchev–Trinajstić information content (AvgIpc) is 2.58. The second-order valence-corrected chi connectivity index (χ2v) is 7.41. The number of carbonyl (C=O) groups is 1. The van der Waals surface area contributed by atoms with Gasteiger partial charge in [0.25, 0.3) is 11.6 Å². The summed E-state index contributed by atoms with van der Waals surface area (Å²) >= 11 is 5.87. The molecule has 0 aliphatic heterocycles. The van der Waals surface area contributed by atoms with Crippen LogP contribution in [-0.2, 0) is 0 Å². The van der Waals surface area contributed by atoms with E-state index in [4.69, 9.17) is 11.6 Å². The third-order valence-corrected chi connectivity index (χ3v) is 4.93. The third-order valence-electron chi connectivity index (χ3n) is 4.69. The molecule has 0 aromatic heterocycles. The Morgan fingerprint density at radius 3 is 2.52 bits per heavy atom. The molecule has 25 heavy (non-hydrogen) atoms. The van der Waals surface area contributed by atoms with Gasteiger partial charge in [0.15, 0.2) is 0 Å². The lowest BCUT2D eigenvalue weighted by Crippen LogP contribution is -2.40. The van der Waals surface area contributed by atoms with Gasteiger partial charge in [-0.3, -0.25) is 14.9 Å². The molecule has 1 aromatic carbocycles. The maximum atomic E-state index is 13.0. The van der Waals surface area contributed by atoms with Gasteiger partial charge in [-0.25, -0.2) is 0 Å². The Morgan fingerprint density at radius 1 is 1.24 bits per heavy atom. The van der Waals surface area contributed by atoms with Crippen LogP contribution in [-0.4, -0.2) is 54.4 Å². The first-order valence-electron chi connectivity index (χ1n) is 8.76. The molecule has 0 radical (unpaired) electrons. The van der Waals surface area contributed by atoms with Crippen molar-refractivity contribution in [2.75, 3.05) is 33.7 Å². The molecule has 1 aliphatic carbocycles. The summed E-state index contributed by atoms with van der Waals surface area (Å²) in [6.45, 7) is 1.94. The highest BCUT2D eigenvalue weighted by atomic mass is 35.5. The van der Waals surface area contributed by atoms with Gasteiger partial charge in [0, 0.05) is 30.7 Å². The first-order chi connectivity index (χ1) is 11.9. The van der Waals surface area contributed by atoms with Crippen molar-refractivity contribution in [2.24, 2.45) is 5.92 Å². The van der Waals surface area contributed by atoms with Crippen LogP contribution in [0, 0.1) is 16.0 Å². The maximum absolute atomic E-state index is 13.0. The highest BCUT2D eigenvalue weighted by Gasteiger charge is 2.27. The van der Waals surface area contributed by atoms with Crippen molar-refractivity contribution in [3.63, 3.8) is 0 Å². The minimum atomic E-state index is -0.538. The Labute approximate surface area is 153 Å². The number of hydrogen-bond donors (Lipinski definition) is 0. The first-order valence-corrected chi connectivity index (χ1v) is 9.14. The largest absolute Gasteiger partial charge is 0.337 e. The lowest BCUT2D eigenvalue weighted by atomic mass is 9.89. The summed E-state index contributed by atoms with van der Waals surface area (Å²) in [5.41, 5.74) is -0.111. The molecule has 0 bridgehead atoms. The normalized spacial score (nSPS) is 15.4. The average molecular weight is 368 g/mol. The molecule has 0 N–H and O–H groups in total. The van der Waals surface area contributed by atoms with Crippen molar-refractivity contribution < 1.29 is 9.72 Å². The number of halogens is 1. The molecule has 1 amide bonds. The number of amides is 1. The topological polar surface area (TPSA) is 66.7 Å². The van der Waals surface area contributed by atoms with E-state index in [1.807, 2.05) is 19.0 Å². The van der Waals surface area contributed by atoms with Gasteiger partial charge in [0.2, 0.25) is 0 Å². The first kappa shape index (κ1) is 19.7. The Balaban J connectivity index is 2.22. The molecule has 1 aromatic rings. The number of benzene rings is 1. The van der Waals surface area contributed by atoms with Gasteiger partial charge in [-0.2, -0.15) is 0 Å². The van der Waals surface area contributed by atoms with E-state index in [9.17, 15) is 14.9 Å². The van der Waals surface area contributed by atoms with Crippen molar-refractivity contribution in [2.45, 2.75) is 32.1 Å². The van der Waals surface area contributed by atoms with Crippen LogP contribution in [0.25, 0.3) is 0 Å². The molecule has 1 fully saturated rings. The van der Waals surface area contributed by atoms with Gasteiger partial charge in [-0.05, 0) is 45.0 Å². The van der Waals surface area contributed by atoms with Crippen molar-refractivity contribution in [3.05, 3.63) is 38.9 Å². The third kappa shape index (κ3) is 5.68. The van der Waals surface area contributed by atoms with Gasteiger partial charge in [-0.1, -0.05) is 30.9 Å². The van der Waals surface area contributed by atoms with E-state index in [0.29, 0.717) is 19.0 Å². The lowest BCUT2D eigenvalue weighted by molar-refractivity contribution is -0.385. The minimum absolute atomic E-state index is 0.115. The van der Waals surface area contributed by atoms with Crippen LogP contribution in [0.1, 0.15) is 42.5 Å². The zero-order valence-electron chi connectivity index (χ0n) is 14.9. The fraction of sp³-hybridized carbons (Fsp3) is 0.611. The van der Waals surface area contributed by atoms with Crippen molar-refractivity contribution >= 4 is 23.2 Å². The number of nitro benzene ring substituents is 1. The van der Waals surface area contributed by atoms with Crippen LogP contribution in [0.5, 0.6) is 0 Å². The molecular weight excluding hydrogens is 342 g/mol. The molecule has 0 atom stereocenters. The van der Waals surface area contributed by atoms with Gasteiger partial charge < -0.3 is 9.80 Å². The van der Waals surface area contributed by atoms with Crippen LogP contribution < -0.4 is 0 Å². The Hall–Kier alpha value is -1.66. The highest BCUT2D eigenvalue weighted by molar-refractivity contribution is 6.31. The fourth-order valence-corrected chi connectivity index (χ4v) is 3.45. The van der Waals surface area contributed by atoms with E-state index in [2.05, 4.69) is 0 Å². The number of nitrogens with zero attached hydrogens (tertiary/aromatic N) is 3. The second kappa shape index (κ2) is 9.15. The molecular formula is C18H26ClN3O3. The Morgan fingerprint density at radius 2 is 1.92 bits per heavy atom. The zero-order chi connectivity index (χ0) is 18.4. The number of likely N-dealkylation sites (N-methyl/N-ethyl adjacent to an activating group) is 1. The van der Waals surface area contributed by atoms with E-state index in [1.54, 1.807) is 4.90 Å². The fourth-order valence-electron chi connectivity index (χ4n) is 3.28. The van der Waals surface area contributed by atoms with E-state index in [0.717, 1.165) is 19.4 Å². The summed E-state index contributed by atoms with van der Waals surface area (Å²) in [7, 11) is 3.90. The molecule has 1 aliphatic rings. The summed E-state index contributed by atoms with van der Waals surface area (Å²) in [4.78, 5) is 27.6. The molecule has 138 valence electrons. The second-order valence-electron chi connectivity index (χ2n) is 6.98. The Bertz CT molecular complexity index is 616. The number of hydrogen-bond acceptors (Lipinski definition) is 4. The highest BCUT2D eigenvalue weighted by Crippen LogP contribution is 2.27. The molecule has 1 saturated carbocycles. The summed E-state index contributed by atoms with van der Waals surface area (Å²) in [6.07, 6.45) is 5.89. The monoisotopic (exact) mass is 367 g/mol. The van der Waals surface area contributed by atoms with Crippen molar-refractivity contribution in [1.82, 2.24) is 9.80 Å². The predicted molar refractivity (Wildman–Crippen MR) is 99.1 cm³/mol. The number of carbonyl (C=O) groups excluding carboxylic acids is 1. The van der Waals surface area contributed by atoms with E-state index in [1.165, 1.54) is 37.5 Å². The summed E-state index contributed by atoms with van der Waals surface area (Å²) in [6, 6.07) is 4.25. The van der Waals surface area contributed by atoms with Crippen LogP contribution in [0.2, 0.25) is 5.02 Å². The molecule has 0 heterocycles. The summed E-state index contributed by atoms with van der Waals surface area (Å²) < 4.78 is 0.